The molecule has 2 N–H and O–H groups in total. The van der Waals surface area contributed by atoms with Crippen molar-refractivity contribution in [3.63, 3.8) is 0 Å². The van der Waals surface area contributed by atoms with Gasteiger partial charge in [-0.3, -0.25) is 24.0 Å². The number of fused-ring (bicyclic) bond motifs is 5. The molecule has 3 aliphatic carbocycles. The van der Waals surface area contributed by atoms with Crippen molar-refractivity contribution in [1.82, 2.24) is 5.32 Å². The van der Waals surface area contributed by atoms with Crippen molar-refractivity contribution in [2.24, 2.45) is 28.6 Å². The normalized spacial score (nSPS) is 29.9. The number of hydrogen-bond acceptors (Lipinski definition) is 16. The summed E-state index contributed by atoms with van der Waals surface area (Å²) in [4.78, 5) is 98.6. The van der Waals surface area contributed by atoms with Crippen LogP contribution in [-0.2, 0) is 61.9 Å². The molecule has 2 aromatic rings. The maximum atomic E-state index is 15.8. The molecule has 3 unspecified atom stereocenters. The number of esters is 3. The highest BCUT2D eigenvalue weighted by atomic mass is 16.6. The fourth-order valence-electron chi connectivity index (χ4n) is 11.1. The van der Waals surface area contributed by atoms with Crippen molar-refractivity contribution < 1.29 is 76.6 Å². The number of ketones is 3. The highest BCUT2D eigenvalue weighted by molar-refractivity contribution is 5.94. The number of aliphatic hydroxyl groups is 1. The van der Waals surface area contributed by atoms with Crippen LogP contribution in [0.1, 0.15) is 110 Å². The Morgan fingerprint density at radius 2 is 1.53 bits per heavy atom. The summed E-state index contributed by atoms with van der Waals surface area (Å²) in [6, 6.07) is 15.3. The van der Waals surface area contributed by atoms with Crippen LogP contribution in [0.15, 0.2) is 71.8 Å². The number of carbonyl (C=O) groups excluding carboxylic acids is 7. The summed E-state index contributed by atoms with van der Waals surface area (Å²) in [5.74, 6) is -7.11. The molecule has 0 radical (unpaired) electrons. The highest BCUT2D eigenvalue weighted by Crippen LogP contribution is 2.65. The second-order valence-electron chi connectivity index (χ2n) is 21.0. The monoisotopic (exact) mass is 975 g/mol. The number of hydrogen-bond donors (Lipinski definition) is 2. The maximum Gasteiger partial charge on any atom is 0.408 e. The third-order valence-electron chi connectivity index (χ3n) is 14.8. The molecule has 382 valence electrons. The highest BCUT2D eigenvalue weighted by Gasteiger charge is 2.78. The SMILES string of the molecule is CO[C@H]1C(=O)[C@@]2(C)C(C(OC(=O)c3ccccc3)[C@]3(O)C[C@H](OC(=O)[C@H](CC(=O)COCC(=O)C(C)C)[C@@H](NC(=O)OC(C)(C)C)c4ccccc4)C(C)=C1C3(C)C)[C@]1(OC(C)=O)COC1C[C@@H]2OC. The zero-order chi connectivity index (χ0) is 51.7. The minimum atomic E-state index is -2.28. The zero-order valence-corrected chi connectivity index (χ0v) is 42.3. The van der Waals surface area contributed by atoms with Crippen molar-refractivity contribution in [2.75, 3.05) is 34.0 Å². The molecular weight excluding hydrogens is 907 g/mol. The fourth-order valence-corrected chi connectivity index (χ4v) is 11.1. The quantitative estimate of drug-likeness (QED) is 0.105. The van der Waals surface area contributed by atoms with Crippen molar-refractivity contribution in [3.05, 3.63) is 82.9 Å². The first-order valence-electron chi connectivity index (χ1n) is 23.7. The van der Waals surface area contributed by atoms with Crippen LogP contribution in [0.4, 0.5) is 4.79 Å². The van der Waals surface area contributed by atoms with Gasteiger partial charge in [0.15, 0.2) is 23.0 Å². The first-order valence-corrected chi connectivity index (χ1v) is 23.7. The lowest BCUT2D eigenvalue weighted by Crippen LogP contribution is -2.82. The largest absolute Gasteiger partial charge is 0.457 e. The number of nitrogens with one attached hydrogen (secondary N) is 1. The van der Waals surface area contributed by atoms with E-state index < -0.39 is 131 Å². The van der Waals surface area contributed by atoms with Crippen LogP contribution >= 0.6 is 0 Å². The lowest BCUT2D eigenvalue weighted by Gasteiger charge is -2.67. The van der Waals surface area contributed by atoms with Gasteiger partial charge < -0.3 is 48.3 Å². The number of alkyl carbamates (subject to hydrolysis) is 1. The molecule has 70 heavy (non-hydrogen) atoms. The molecule has 2 saturated carbocycles. The van der Waals surface area contributed by atoms with E-state index >= 15 is 9.59 Å². The summed E-state index contributed by atoms with van der Waals surface area (Å²) < 4.78 is 48.8. The van der Waals surface area contributed by atoms with E-state index in [1.54, 1.807) is 111 Å². The number of carbonyl (C=O) groups is 7. The van der Waals surface area contributed by atoms with E-state index in [2.05, 4.69) is 5.32 Å². The minimum Gasteiger partial charge on any atom is -0.457 e. The molecule has 1 saturated heterocycles. The van der Waals surface area contributed by atoms with Crippen molar-refractivity contribution >= 4 is 41.4 Å². The Balaban J connectivity index is 1.53. The van der Waals surface area contributed by atoms with Crippen LogP contribution in [0.25, 0.3) is 0 Å². The summed E-state index contributed by atoms with van der Waals surface area (Å²) in [6.45, 7) is 15.2. The van der Waals surface area contributed by atoms with Gasteiger partial charge in [0, 0.05) is 51.7 Å². The van der Waals surface area contributed by atoms with E-state index in [1.165, 1.54) is 33.3 Å². The van der Waals surface area contributed by atoms with Crippen LogP contribution in [0, 0.1) is 28.6 Å². The van der Waals surface area contributed by atoms with Gasteiger partial charge >= 0.3 is 24.0 Å². The molecule has 1 amide bonds. The number of amides is 1. The van der Waals surface area contributed by atoms with E-state index in [9.17, 15) is 29.1 Å². The molecule has 1 heterocycles. The van der Waals surface area contributed by atoms with Crippen molar-refractivity contribution in [2.45, 2.75) is 142 Å². The van der Waals surface area contributed by atoms with E-state index in [-0.39, 0.29) is 42.5 Å². The Morgan fingerprint density at radius 3 is 2.07 bits per heavy atom. The Bertz CT molecular complexity index is 2340. The third kappa shape index (κ3) is 10.2. The van der Waals surface area contributed by atoms with Gasteiger partial charge in [0.1, 0.15) is 48.8 Å². The molecule has 17 heteroatoms. The van der Waals surface area contributed by atoms with Gasteiger partial charge in [-0.2, -0.15) is 0 Å². The van der Waals surface area contributed by atoms with E-state index in [0.29, 0.717) is 11.1 Å². The molecule has 3 fully saturated rings. The lowest BCUT2D eigenvalue weighted by atomic mass is 9.44. The predicted molar refractivity (Wildman–Crippen MR) is 251 cm³/mol. The molecular formula is C53H69NO16. The summed E-state index contributed by atoms with van der Waals surface area (Å²) >= 11 is 0. The molecule has 0 spiro atoms. The van der Waals surface area contributed by atoms with Crippen LogP contribution < -0.4 is 5.32 Å². The number of ether oxygens (including phenoxy) is 8. The molecule has 2 aromatic carbocycles. The first kappa shape index (κ1) is 54.0. The Hall–Kier alpha value is -5.33. The smallest absolute Gasteiger partial charge is 0.408 e. The fraction of sp³-hybridized carbons (Fsp3) is 0.604. The minimum absolute atomic E-state index is 0.0947. The molecule has 6 rings (SSSR count). The van der Waals surface area contributed by atoms with E-state index in [0.717, 1.165) is 0 Å². The van der Waals surface area contributed by atoms with Crippen LogP contribution in [0.5, 0.6) is 0 Å². The molecule has 1 aliphatic heterocycles. The second kappa shape index (κ2) is 20.8. The summed E-state index contributed by atoms with van der Waals surface area (Å²) in [7, 11) is 2.77. The standard InChI is InChI=1S/C53H69NO16/c1-29(2)36(57)27-65-26-34(56)23-35(41(32-19-15-13-16-20-32)54-48(61)70-49(5,6)7)47(60)67-37-25-53(62)45(68-46(59)33-21-17-14-18-22-33)43-51(10,44(58)42(64-12)40(30(37)3)50(53,8)9)38(63-11)24-39-52(43,28-66-39)69-31(4)55/h13-22,29,35,37-39,41-43,45,62H,23-28H2,1-12H3,(H,54,61)/t35-,37+,38+,39?,41+,42-,43?,45?,51-,52+,53-/m1/s1. The van der Waals surface area contributed by atoms with Crippen molar-refractivity contribution in [1.29, 1.82) is 0 Å². The summed E-state index contributed by atoms with van der Waals surface area (Å²) in [6.07, 6.45) is -8.14. The topological polar surface area (TPSA) is 226 Å². The average molecular weight is 976 g/mol. The van der Waals surface area contributed by atoms with Gasteiger partial charge in [0.25, 0.3) is 0 Å². The second-order valence-corrected chi connectivity index (χ2v) is 21.0. The molecule has 0 aromatic heterocycles. The number of methoxy groups -OCH3 is 2. The van der Waals surface area contributed by atoms with Gasteiger partial charge in [-0.05, 0) is 63.5 Å². The molecule has 11 atom stereocenters. The Kier molecular flexibility index (Phi) is 16.0. The van der Waals surface area contributed by atoms with E-state index in [4.69, 9.17) is 37.9 Å². The van der Waals surface area contributed by atoms with Crippen LogP contribution in [0.3, 0.4) is 0 Å². The third-order valence-corrected chi connectivity index (χ3v) is 14.8. The Morgan fingerprint density at radius 1 is 0.900 bits per heavy atom. The Labute approximate surface area is 409 Å². The zero-order valence-electron chi connectivity index (χ0n) is 42.3. The van der Waals surface area contributed by atoms with Gasteiger partial charge in [0.05, 0.1) is 41.6 Å². The number of Topliss-reactive ketones (excluding diaryl/α,β-unsaturated/α-hetero) is 3. The van der Waals surface area contributed by atoms with Crippen LogP contribution in [-0.4, -0.2) is 128 Å². The van der Waals surface area contributed by atoms with Crippen LogP contribution in [0.2, 0.25) is 0 Å². The van der Waals surface area contributed by atoms with Crippen molar-refractivity contribution in [3.8, 4) is 0 Å². The first-order chi connectivity index (χ1) is 32.8. The van der Waals surface area contributed by atoms with Gasteiger partial charge in [-0.15, -0.1) is 0 Å². The lowest BCUT2D eigenvalue weighted by molar-refractivity contribution is -0.347. The van der Waals surface area contributed by atoms with E-state index in [1.807, 2.05) is 0 Å². The van der Waals surface area contributed by atoms with Gasteiger partial charge in [-0.1, -0.05) is 76.2 Å². The number of rotatable bonds is 17. The average Bonchev–Trinajstić information content (AvgIpc) is 3.28. The molecule has 4 aliphatic rings. The maximum absolute atomic E-state index is 15.8. The number of benzene rings is 2. The summed E-state index contributed by atoms with van der Waals surface area (Å²) in [5.41, 5.74) is -6.99. The summed E-state index contributed by atoms with van der Waals surface area (Å²) in [5, 5.41) is 16.8. The molecule has 17 nitrogen and oxygen atoms in total. The van der Waals surface area contributed by atoms with Gasteiger partial charge in [0.2, 0.25) is 0 Å². The predicted octanol–water partition coefficient (Wildman–Crippen LogP) is 6.02. The van der Waals surface area contributed by atoms with Gasteiger partial charge in [-0.25, -0.2) is 9.59 Å². The molecule has 2 bridgehead atoms.